The molecule has 4 heterocycles. The van der Waals surface area contributed by atoms with Crippen molar-refractivity contribution in [3.8, 4) is 5.75 Å². The molecule has 5 aliphatic rings. The Bertz CT molecular complexity index is 1770. The monoisotopic (exact) mass is 784 g/mol. The van der Waals surface area contributed by atoms with Gasteiger partial charge in [0.05, 0.1) is 31.5 Å². The third-order valence-electron chi connectivity index (χ3n) is 12.6. The lowest BCUT2D eigenvalue weighted by molar-refractivity contribution is -0.107. The molecule has 1 saturated carbocycles. The summed E-state index contributed by atoms with van der Waals surface area (Å²) < 4.78 is 54.3. The minimum Gasteiger partial charge on any atom is -0.487 e. The molecular weight excluding hydrogens is 728 g/mol. The molecule has 1 aliphatic carbocycles. The lowest BCUT2D eigenvalue weighted by atomic mass is 9.63. The molecule has 296 valence electrons. The standard InChI is InChI=1S/C41H57ClN4O7S/c1-29-7-6-15-41(51-3,28-44-17-19-45(20-18-44)35-25-52-26-35)36-13-10-32(36)23-46-16-5-4-8-30-21-34(42)12-9-33(30)24-53-38-14-11-31(22-37(38)46)40(47)43-54(48,49)39(29)27-50-2/h6,9,11-12,14-15,21-22,29,32,35-36,39H,4-5,7-8,10,13,16-20,23-28H2,1-3H3,(H,43,47)/b15-6+/t29-,32-,36+,39+,41+/m0/s1. The van der Waals surface area contributed by atoms with Crippen LogP contribution in [0.5, 0.6) is 5.75 Å². The first-order valence-corrected chi connectivity index (χ1v) is 21.6. The molecular formula is C41H57ClN4O7S. The summed E-state index contributed by atoms with van der Waals surface area (Å²) >= 11 is 6.41. The van der Waals surface area contributed by atoms with Crippen molar-refractivity contribution in [2.24, 2.45) is 17.8 Å². The summed E-state index contributed by atoms with van der Waals surface area (Å²) in [6.07, 6.45) is 9.73. The van der Waals surface area contributed by atoms with E-state index in [2.05, 4.69) is 31.6 Å². The van der Waals surface area contributed by atoms with Crippen LogP contribution in [0.2, 0.25) is 5.02 Å². The molecule has 2 aromatic rings. The Morgan fingerprint density at radius 2 is 1.81 bits per heavy atom. The summed E-state index contributed by atoms with van der Waals surface area (Å²) in [4.78, 5) is 21.2. The zero-order valence-electron chi connectivity index (χ0n) is 32.0. The Morgan fingerprint density at radius 1 is 1.00 bits per heavy atom. The van der Waals surface area contributed by atoms with Crippen LogP contribution in [-0.4, -0.2) is 121 Å². The minimum absolute atomic E-state index is 0.0352. The summed E-state index contributed by atoms with van der Waals surface area (Å²) in [6.45, 7) is 10.1. The van der Waals surface area contributed by atoms with Gasteiger partial charge in [-0.3, -0.25) is 14.6 Å². The van der Waals surface area contributed by atoms with Crippen molar-refractivity contribution < 1.29 is 32.2 Å². The van der Waals surface area contributed by atoms with Crippen LogP contribution < -0.4 is 14.4 Å². The van der Waals surface area contributed by atoms with Crippen molar-refractivity contribution >= 4 is 33.2 Å². The van der Waals surface area contributed by atoms with Crippen molar-refractivity contribution in [1.29, 1.82) is 0 Å². The molecule has 7 rings (SSSR count). The number of allylic oxidation sites excluding steroid dienone is 1. The Labute approximate surface area is 326 Å². The number of carbonyl (C=O) groups excluding carboxylic acids is 1. The highest BCUT2D eigenvalue weighted by molar-refractivity contribution is 7.90. The fourth-order valence-corrected chi connectivity index (χ4v) is 10.8. The molecule has 1 amide bonds. The highest BCUT2D eigenvalue weighted by Crippen LogP contribution is 2.47. The number of nitrogens with one attached hydrogen (secondary N) is 1. The minimum atomic E-state index is -4.10. The fraction of sp³-hybridized carbons (Fsp3) is 0.634. The van der Waals surface area contributed by atoms with E-state index in [0.717, 1.165) is 102 Å². The number of hydrogen-bond donors (Lipinski definition) is 1. The van der Waals surface area contributed by atoms with Gasteiger partial charge in [-0.25, -0.2) is 13.1 Å². The van der Waals surface area contributed by atoms with Crippen LogP contribution in [0, 0.1) is 17.8 Å². The Balaban J connectivity index is 1.25. The quantitative estimate of drug-likeness (QED) is 0.395. The second kappa shape index (κ2) is 17.2. The summed E-state index contributed by atoms with van der Waals surface area (Å²) in [5.41, 5.74) is 2.78. The second-order valence-corrected chi connectivity index (χ2v) is 18.3. The van der Waals surface area contributed by atoms with Crippen LogP contribution >= 0.6 is 11.6 Å². The lowest BCUT2D eigenvalue weighted by Gasteiger charge is -2.52. The largest absolute Gasteiger partial charge is 0.487 e. The van der Waals surface area contributed by atoms with E-state index in [1.807, 2.05) is 44.4 Å². The number of piperazine rings is 1. The van der Waals surface area contributed by atoms with E-state index in [9.17, 15) is 13.2 Å². The van der Waals surface area contributed by atoms with Gasteiger partial charge in [0.1, 0.15) is 23.2 Å². The molecule has 54 heavy (non-hydrogen) atoms. The van der Waals surface area contributed by atoms with Gasteiger partial charge in [0.2, 0.25) is 10.0 Å². The summed E-state index contributed by atoms with van der Waals surface area (Å²) in [6, 6.07) is 11.8. The smallest absolute Gasteiger partial charge is 0.264 e. The number of methoxy groups -OCH3 is 2. The molecule has 1 N–H and O–H groups in total. The predicted octanol–water partition coefficient (Wildman–Crippen LogP) is 5.16. The lowest BCUT2D eigenvalue weighted by Crippen LogP contribution is -2.61. The molecule has 2 bridgehead atoms. The van der Waals surface area contributed by atoms with Crippen LogP contribution in [0.1, 0.15) is 60.5 Å². The molecule has 11 nitrogen and oxygen atoms in total. The van der Waals surface area contributed by atoms with Crippen LogP contribution in [0.3, 0.4) is 0 Å². The predicted molar refractivity (Wildman–Crippen MR) is 211 cm³/mol. The van der Waals surface area contributed by atoms with Crippen molar-refractivity contribution in [3.63, 3.8) is 0 Å². The van der Waals surface area contributed by atoms with Crippen LogP contribution in [0.4, 0.5) is 5.69 Å². The number of rotatable bonds is 6. The molecule has 13 heteroatoms. The molecule has 0 aromatic heterocycles. The Morgan fingerprint density at radius 3 is 2.52 bits per heavy atom. The van der Waals surface area contributed by atoms with E-state index in [1.165, 1.54) is 12.7 Å². The summed E-state index contributed by atoms with van der Waals surface area (Å²) in [7, 11) is -0.772. The summed E-state index contributed by atoms with van der Waals surface area (Å²) in [5.74, 6) is 0.259. The topological polar surface area (TPSA) is 110 Å². The molecule has 2 aromatic carbocycles. The number of amides is 1. The van der Waals surface area contributed by atoms with Crippen molar-refractivity contribution in [2.45, 2.75) is 68.9 Å². The van der Waals surface area contributed by atoms with Crippen molar-refractivity contribution in [2.75, 3.05) is 84.8 Å². The number of fused-ring (bicyclic) bond motifs is 3. The van der Waals surface area contributed by atoms with Gasteiger partial charge in [-0.15, -0.1) is 0 Å². The number of carbonyl (C=O) groups is 1. The van der Waals surface area contributed by atoms with E-state index in [1.54, 1.807) is 6.07 Å². The van der Waals surface area contributed by atoms with E-state index in [0.29, 0.717) is 35.8 Å². The maximum Gasteiger partial charge on any atom is 0.264 e. The number of halogens is 1. The molecule has 0 radical (unpaired) electrons. The average Bonchev–Trinajstić information content (AvgIpc) is 3.14. The Kier molecular flexibility index (Phi) is 12.6. The molecule has 0 spiro atoms. The fourth-order valence-electron chi connectivity index (χ4n) is 9.06. The van der Waals surface area contributed by atoms with E-state index >= 15 is 0 Å². The van der Waals surface area contributed by atoms with E-state index < -0.39 is 26.8 Å². The third kappa shape index (κ3) is 8.65. The van der Waals surface area contributed by atoms with Gasteiger partial charge in [0.15, 0.2) is 0 Å². The SMILES string of the molecule is COC[C@@H]1[C@@H](C)C/C=C/[C@](CN2CCN(C3COC3)CC2)(OC)[C@@H]2CC[C@H]2CN2CCCCc3cc(Cl)ccc3COc3ccc(cc32)C(=O)NS1(=O)=O. The molecule has 3 fully saturated rings. The van der Waals surface area contributed by atoms with Crippen LogP contribution in [0.15, 0.2) is 48.6 Å². The number of nitrogens with zero attached hydrogens (tertiary/aromatic N) is 3. The van der Waals surface area contributed by atoms with Gasteiger partial charge in [-0.1, -0.05) is 36.7 Å². The van der Waals surface area contributed by atoms with Crippen LogP contribution in [-0.2, 0) is 37.3 Å². The van der Waals surface area contributed by atoms with Gasteiger partial charge in [0, 0.05) is 70.6 Å². The first kappa shape index (κ1) is 39.5. The van der Waals surface area contributed by atoms with Gasteiger partial charge in [-0.2, -0.15) is 0 Å². The normalized spacial score (nSPS) is 30.7. The molecule has 2 saturated heterocycles. The van der Waals surface area contributed by atoms with E-state index in [4.69, 9.17) is 30.5 Å². The Hall–Kier alpha value is -2.71. The molecule has 5 atom stereocenters. The maximum absolute atomic E-state index is 13.9. The van der Waals surface area contributed by atoms with Gasteiger partial charge < -0.3 is 23.8 Å². The number of benzene rings is 2. The number of aryl methyl sites for hydroxylation is 1. The summed E-state index contributed by atoms with van der Waals surface area (Å²) in [5, 5.41) is -0.224. The number of hydrogen-bond acceptors (Lipinski definition) is 10. The number of ether oxygens (including phenoxy) is 4. The average molecular weight is 785 g/mol. The van der Waals surface area contributed by atoms with Crippen molar-refractivity contribution in [3.05, 3.63) is 70.3 Å². The maximum atomic E-state index is 13.9. The second-order valence-electron chi connectivity index (χ2n) is 16.0. The van der Waals surface area contributed by atoms with Gasteiger partial charge in [-0.05, 0) is 97.7 Å². The zero-order chi connectivity index (χ0) is 37.9. The third-order valence-corrected chi connectivity index (χ3v) is 14.7. The zero-order valence-corrected chi connectivity index (χ0v) is 33.6. The highest BCUT2D eigenvalue weighted by atomic mass is 35.5. The molecule has 4 aliphatic heterocycles. The first-order chi connectivity index (χ1) is 26.1. The molecule has 0 unspecified atom stereocenters. The van der Waals surface area contributed by atoms with Crippen LogP contribution in [0.25, 0.3) is 0 Å². The van der Waals surface area contributed by atoms with E-state index in [-0.39, 0.29) is 24.0 Å². The highest BCUT2D eigenvalue weighted by Gasteiger charge is 2.48. The number of anilines is 1. The van der Waals surface area contributed by atoms with Gasteiger partial charge >= 0.3 is 0 Å². The number of sulfonamides is 1. The van der Waals surface area contributed by atoms with Gasteiger partial charge in [0.25, 0.3) is 5.91 Å². The van der Waals surface area contributed by atoms with Crippen molar-refractivity contribution in [1.82, 2.24) is 14.5 Å². The first-order valence-electron chi connectivity index (χ1n) is 19.7.